The molecule has 4 nitrogen and oxygen atoms in total. The largest absolute Gasteiger partial charge is 0.370 e. The van der Waals surface area contributed by atoms with Crippen LogP contribution in [0.1, 0.15) is 17.0 Å². The predicted octanol–water partition coefficient (Wildman–Crippen LogP) is 0.733. The highest BCUT2D eigenvalue weighted by Gasteiger charge is 1.98. The smallest absolute Gasteiger partial charge is 0.188 e. The molecule has 0 aliphatic carbocycles. The molecule has 0 saturated carbocycles. The van der Waals surface area contributed by atoms with E-state index in [1.54, 1.807) is 7.05 Å². The van der Waals surface area contributed by atoms with Crippen molar-refractivity contribution in [2.45, 2.75) is 20.4 Å². The van der Waals surface area contributed by atoms with Gasteiger partial charge in [0.25, 0.3) is 0 Å². The molecule has 0 spiro atoms. The summed E-state index contributed by atoms with van der Waals surface area (Å²) in [5, 5.41) is 2.96. The van der Waals surface area contributed by atoms with Crippen LogP contribution in [0.15, 0.2) is 17.1 Å². The van der Waals surface area contributed by atoms with E-state index in [2.05, 4.69) is 21.4 Å². The van der Waals surface area contributed by atoms with Crippen molar-refractivity contribution in [2.24, 2.45) is 10.7 Å². The maximum Gasteiger partial charge on any atom is 0.188 e. The fourth-order valence-corrected chi connectivity index (χ4v) is 1.04. The Balaban J connectivity index is 2.64. The highest BCUT2D eigenvalue weighted by atomic mass is 15.1. The van der Waals surface area contributed by atoms with Gasteiger partial charge in [0.15, 0.2) is 5.96 Å². The van der Waals surface area contributed by atoms with Crippen molar-refractivity contribution < 1.29 is 0 Å². The van der Waals surface area contributed by atoms with Gasteiger partial charge in [0.05, 0.1) is 12.2 Å². The average molecular weight is 192 g/mol. The van der Waals surface area contributed by atoms with Crippen LogP contribution >= 0.6 is 0 Å². The van der Waals surface area contributed by atoms with Crippen LogP contribution in [0.4, 0.5) is 0 Å². The van der Waals surface area contributed by atoms with Gasteiger partial charge in [-0.25, -0.2) is 0 Å². The molecule has 0 atom stereocenters. The Bertz CT molecular complexity index is 344. The number of pyridine rings is 1. The Morgan fingerprint density at radius 2 is 2.21 bits per heavy atom. The first-order valence-electron chi connectivity index (χ1n) is 4.52. The summed E-state index contributed by atoms with van der Waals surface area (Å²) < 4.78 is 0. The third-order valence-electron chi connectivity index (χ3n) is 2.10. The zero-order valence-corrected chi connectivity index (χ0v) is 8.83. The van der Waals surface area contributed by atoms with Crippen molar-refractivity contribution in [1.29, 1.82) is 0 Å². The summed E-state index contributed by atoms with van der Waals surface area (Å²) >= 11 is 0. The normalized spacial score (nSPS) is 11.5. The number of aromatic nitrogens is 1. The van der Waals surface area contributed by atoms with Crippen LogP contribution in [0, 0.1) is 13.8 Å². The van der Waals surface area contributed by atoms with E-state index in [1.165, 1.54) is 5.56 Å². The predicted molar refractivity (Wildman–Crippen MR) is 58.1 cm³/mol. The zero-order valence-electron chi connectivity index (χ0n) is 8.83. The molecule has 0 aliphatic rings. The number of aliphatic imine (C=N–C) groups is 1. The summed E-state index contributed by atoms with van der Waals surface area (Å²) in [6.07, 6.45) is 0. The van der Waals surface area contributed by atoms with Crippen molar-refractivity contribution >= 4 is 5.96 Å². The second-order valence-corrected chi connectivity index (χ2v) is 3.17. The van der Waals surface area contributed by atoms with Crippen LogP contribution in [0.5, 0.6) is 0 Å². The summed E-state index contributed by atoms with van der Waals surface area (Å²) in [5.74, 6) is 0.435. The summed E-state index contributed by atoms with van der Waals surface area (Å²) in [6, 6.07) is 4.04. The molecule has 1 aromatic rings. The van der Waals surface area contributed by atoms with Crippen LogP contribution < -0.4 is 11.1 Å². The number of aryl methyl sites for hydroxylation is 2. The topological polar surface area (TPSA) is 63.3 Å². The van der Waals surface area contributed by atoms with Gasteiger partial charge in [-0.2, -0.15) is 0 Å². The van der Waals surface area contributed by atoms with Gasteiger partial charge in [-0.3, -0.25) is 9.98 Å². The fourth-order valence-electron chi connectivity index (χ4n) is 1.04. The van der Waals surface area contributed by atoms with Crippen molar-refractivity contribution in [1.82, 2.24) is 10.3 Å². The first-order valence-corrected chi connectivity index (χ1v) is 4.52. The quantitative estimate of drug-likeness (QED) is 0.536. The van der Waals surface area contributed by atoms with Gasteiger partial charge < -0.3 is 11.1 Å². The number of rotatable bonds is 2. The van der Waals surface area contributed by atoms with Gasteiger partial charge in [-0.05, 0) is 25.5 Å². The first kappa shape index (κ1) is 10.5. The molecular formula is C10H16N4. The number of nitrogens with zero attached hydrogens (tertiary/aromatic N) is 2. The molecule has 4 heteroatoms. The summed E-state index contributed by atoms with van der Waals surface area (Å²) in [6.45, 7) is 4.65. The standard InChI is InChI=1S/C10H16N4/c1-7-4-5-9(14-8(7)2)6-13-10(11)12-3/h4-5H,6H2,1-3H3,(H3,11,12,13). The van der Waals surface area contributed by atoms with E-state index < -0.39 is 0 Å². The molecule has 0 amide bonds. The minimum Gasteiger partial charge on any atom is -0.370 e. The molecule has 3 N–H and O–H groups in total. The second-order valence-electron chi connectivity index (χ2n) is 3.17. The summed E-state index contributed by atoms with van der Waals surface area (Å²) in [5.41, 5.74) is 8.72. The van der Waals surface area contributed by atoms with Crippen molar-refractivity contribution in [3.05, 3.63) is 29.1 Å². The highest BCUT2D eigenvalue weighted by molar-refractivity contribution is 5.77. The lowest BCUT2D eigenvalue weighted by Gasteiger charge is -2.06. The van der Waals surface area contributed by atoms with Crippen LogP contribution in [0.3, 0.4) is 0 Å². The number of hydrogen-bond donors (Lipinski definition) is 2. The minimum absolute atomic E-state index is 0.435. The van der Waals surface area contributed by atoms with Crippen molar-refractivity contribution in [3.63, 3.8) is 0 Å². The lowest BCUT2D eigenvalue weighted by molar-refractivity contribution is 0.852. The third-order valence-corrected chi connectivity index (χ3v) is 2.10. The Hall–Kier alpha value is -1.58. The molecule has 0 unspecified atom stereocenters. The van der Waals surface area contributed by atoms with Gasteiger partial charge in [0.1, 0.15) is 0 Å². The van der Waals surface area contributed by atoms with Gasteiger partial charge >= 0.3 is 0 Å². The van der Waals surface area contributed by atoms with Crippen LogP contribution in [0.2, 0.25) is 0 Å². The zero-order chi connectivity index (χ0) is 10.6. The molecule has 0 radical (unpaired) electrons. The lowest BCUT2D eigenvalue weighted by atomic mass is 10.2. The van der Waals surface area contributed by atoms with Gasteiger partial charge in [0, 0.05) is 12.7 Å². The van der Waals surface area contributed by atoms with E-state index in [-0.39, 0.29) is 0 Å². The molecule has 0 bridgehead atoms. The summed E-state index contributed by atoms with van der Waals surface area (Å²) in [7, 11) is 1.65. The van der Waals surface area contributed by atoms with Crippen molar-refractivity contribution in [3.8, 4) is 0 Å². The molecule has 0 fully saturated rings. The number of hydrogen-bond acceptors (Lipinski definition) is 2. The summed E-state index contributed by atoms with van der Waals surface area (Å²) in [4.78, 5) is 8.20. The van der Waals surface area contributed by atoms with Gasteiger partial charge in [0.2, 0.25) is 0 Å². The Kier molecular flexibility index (Phi) is 3.45. The van der Waals surface area contributed by atoms with E-state index in [0.29, 0.717) is 12.5 Å². The molecule has 0 aliphatic heterocycles. The molecular weight excluding hydrogens is 176 g/mol. The van der Waals surface area contributed by atoms with E-state index in [0.717, 1.165) is 11.4 Å². The monoisotopic (exact) mass is 192 g/mol. The number of guanidine groups is 1. The number of nitrogens with one attached hydrogen (secondary N) is 1. The lowest BCUT2D eigenvalue weighted by Crippen LogP contribution is -2.31. The SMILES string of the molecule is CN=C(N)NCc1ccc(C)c(C)n1. The maximum atomic E-state index is 5.50. The maximum absolute atomic E-state index is 5.50. The van der Waals surface area contributed by atoms with Gasteiger partial charge in [-0.15, -0.1) is 0 Å². The molecule has 76 valence electrons. The van der Waals surface area contributed by atoms with E-state index >= 15 is 0 Å². The first-order chi connectivity index (χ1) is 6.63. The van der Waals surface area contributed by atoms with Crippen LogP contribution in [0.25, 0.3) is 0 Å². The molecule has 0 saturated heterocycles. The highest BCUT2D eigenvalue weighted by Crippen LogP contribution is 2.04. The molecule has 1 heterocycles. The Labute approximate surface area is 84.3 Å². The molecule has 1 rings (SSSR count). The van der Waals surface area contributed by atoms with Crippen molar-refractivity contribution in [2.75, 3.05) is 7.05 Å². The molecule has 14 heavy (non-hydrogen) atoms. The minimum atomic E-state index is 0.435. The van der Waals surface area contributed by atoms with Crippen LogP contribution in [-0.2, 0) is 6.54 Å². The molecule has 0 aromatic carbocycles. The Morgan fingerprint density at radius 1 is 1.50 bits per heavy atom. The van der Waals surface area contributed by atoms with Crippen LogP contribution in [-0.4, -0.2) is 18.0 Å². The van der Waals surface area contributed by atoms with E-state index in [4.69, 9.17) is 5.73 Å². The molecule has 1 aromatic heterocycles. The fraction of sp³-hybridized carbons (Fsp3) is 0.400. The third kappa shape index (κ3) is 2.73. The van der Waals surface area contributed by atoms with Gasteiger partial charge in [-0.1, -0.05) is 6.07 Å². The number of nitrogens with two attached hydrogens (primary N) is 1. The Morgan fingerprint density at radius 3 is 2.79 bits per heavy atom. The van der Waals surface area contributed by atoms with E-state index in [1.807, 2.05) is 19.9 Å². The second kappa shape index (κ2) is 4.60. The average Bonchev–Trinajstić information content (AvgIpc) is 2.19. The van der Waals surface area contributed by atoms with E-state index in [9.17, 15) is 0 Å².